The molecule has 0 radical (unpaired) electrons. The van der Waals surface area contributed by atoms with E-state index in [9.17, 15) is 0 Å². The Hall–Kier alpha value is -1.56. The van der Waals surface area contributed by atoms with Crippen LogP contribution in [0.25, 0.3) is 11.1 Å². The Morgan fingerprint density at radius 3 is 2.05 bits per heavy atom. The summed E-state index contributed by atoms with van der Waals surface area (Å²) >= 11 is 0. The Labute approximate surface area is 123 Å². The lowest BCUT2D eigenvalue weighted by Gasteiger charge is -2.29. The number of benzene rings is 2. The van der Waals surface area contributed by atoms with Crippen molar-refractivity contribution in [3.8, 4) is 11.1 Å². The molecule has 20 heavy (non-hydrogen) atoms. The van der Waals surface area contributed by atoms with Gasteiger partial charge in [0.05, 0.1) is 0 Å². The summed E-state index contributed by atoms with van der Waals surface area (Å²) in [4.78, 5) is 0. The fourth-order valence-corrected chi connectivity index (χ4v) is 3.58. The highest BCUT2D eigenvalue weighted by atomic mass is 14.4. The van der Waals surface area contributed by atoms with Crippen molar-refractivity contribution >= 4 is 0 Å². The summed E-state index contributed by atoms with van der Waals surface area (Å²) in [5.74, 6) is 0. The molecule has 0 fully saturated rings. The largest absolute Gasteiger partial charge is 0.0683 e. The van der Waals surface area contributed by atoms with Crippen LogP contribution in [0.15, 0.2) is 42.5 Å². The van der Waals surface area contributed by atoms with Gasteiger partial charge in [0.1, 0.15) is 0 Å². The van der Waals surface area contributed by atoms with Crippen molar-refractivity contribution in [3.05, 3.63) is 59.2 Å². The average Bonchev–Trinajstić information content (AvgIpc) is 2.79. The maximum atomic E-state index is 2.39. The lowest BCUT2D eigenvalue weighted by molar-refractivity contribution is 0.490. The number of hydrogen-bond acceptors (Lipinski definition) is 0. The predicted molar refractivity (Wildman–Crippen MR) is 89.3 cm³/mol. The second-order valence-electron chi connectivity index (χ2n) is 5.38. The van der Waals surface area contributed by atoms with Gasteiger partial charge in [0, 0.05) is 5.41 Å². The highest BCUT2D eigenvalue weighted by Crippen LogP contribution is 2.52. The van der Waals surface area contributed by atoms with Gasteiger partial charge in [-0.25, -0.2) is 0 Å². The smallest absolute Gasteiger partial charge is 0.0210 e. The quantitative estimate of drug-likeness (QED) is 0.615. The predicted octanol–water partition coefficient (Wildman–Crippen LogP) is 6.11. The summed E-state index contributed by atoms with van der Waals surface area (Å²) in [5, 5.41) is 0. The zero-order chi connectivity index (χ0) is 14.8. The molecule has 0 N–H and O–H groups in total. The summed E-state index contributed by atoms with van der Waals surface area (Å²) in [7, 11) is 0. The Morgan fingerprint density at radius 2 is 1.40 bits per heavy atom. The van der Waals surface area contributed by atoms with Gasteiger partial charge in [-0.05, 0) is 42.0 Å². The zero-order valence-corrected chi connectivity index (χ0v) is 13.5. The van der Waals surface area contributed by atoms with Crippen molar-refractivity contribution in [2.75, 3.05) is 0 Å². The molecular formula is C20H26. The normalized spacial score (nSPS) is 14.1. The second kappa shape index (κ2) is 5.83. The number of hydrogen-bond donors (Lipinski definition) is 0. The van der Waals surface area contributed by atoms with E-state index in [4.69, 9.17) is 0 Å². The standard InChI is InChI=1S/C18H20.C2H6/c1-4-18(5-2)16-9-7-6-8-14(16)15-11-10-13(3)12-17(15)18;1-2/h6-12H,4-5H2,1-3H3;1-2H3. The molecule has 0 heterocycles. The first kappa shape index (κ1) is 14.8. The van der Waals surface area contributed by atoms with Gasteiger partial charge in [0.2, 0.25) is 0 Å². The molecule has 0 saturated heterocycles. The van der Waals surface area contributed by atoms with E-state index in [0.717, 1.165) is 0 Å². The van der Waals surface area contributed by atoms with E-state index in [2.05, 4.69) is 63.2 Å². The maximum absolute atomic E-state index is 2.39. The molecule has 0 aliphatic heterocycles. The third-order valence-electron chi connectivity index (χ3n) is 4.63. The summed E-state index contributed by atoms with van der Waals surface area (Å²) in [6.45, 7) is 10.8. The molecule has 0 unspecified atom stereocenters. The summed E-state index contributed by atoms with van der Waals surface area (Å²) in [6, 6.07) is 15.9. The SMILES string of the molecule is CC.CCC1(CC)c2ccccc2-c2ccc(C)cc21. The van der Waals surface area contributed by atoms with E-state index in [-0.39, 0.29) is 5.41 Å². The maximum Gasteiger partial charge on any atom is 0.0210 e. The molecular weight excluding hydrogens is 240 g/mol. The zero-order valence-electron chi connectivity index (χ0n) is 13.5. The molecule has 0 aromatic heterocycles. The second-order valence-corrected chi connectivity index (χ2v) is 5.38. The lowest BCUT2D eigenvalue weighted by Crippen LogP contribution is -2.23. The molecule has 1 aliphatic carbocycles. The van der Waals surface area contributed by atoms with Crippen molar-refractivity contribution in [3.63, 3.8) is 0 Å². The Morgan fingerprint density at radius 1 is 0.800 bits per heavy atom. The number of aryl methyl sites for hydroxylation is 1. The Kier molecular flexibility index (Phi) is 4.32. The van der Waals surface area contributed by atoms with Crippen LogP contribution in [0.1, 0.15) is 57.2 Å². The third-order valence-corrected chi connectivity index (χ3v) is 4.63. The molecule has 2 aromatic carbocycles. The Balaban J connectivity index is 0.000000704. The van der Waals surface area contributed by atoms with Crippen molar-refractivity contribution in [2.45, 2.75) is 52.9 Å². The Bertz CT molecular complexity index is 589. The summed E-state index contributed by atoms with van der Waals surface area (Å²) in [6.07, 6.45) is 2.36. The highest BCUT2D eigenvalue weighted by Gasteiger charge is 2.39. The first-order valence-electron chi connectivity index (χ1n) is 7.94. The van der Waals surface area contributed by atoms with Crippen LogP contribution < -0.4 is 0 Å². The van der Waals surface area contributed by atoms with Crippen LogP contribution >= 0.6 is 0 Å². The van der Waals surface area contributed by atoms with E-state index in [1.807, 2.05) is 13.8 Å². The van der Waals surface area contributed by atoms with Gasteiger partial charge in [-0.2, -0.15) is 0 Å². The van der Waals surface area contributed by atoms with Crippen LogP contribution in [0.2, 0.25) is 0 Å². The van der Waals surface area contributed by atoms with Crippen LogP contribution in [-0.2, 0) is 5.41 Å². The van der Waals surface area contributed by atoms with Crippen LogP contribution in [0.4, 0.5) is 0 Å². The van der Waals surface area contributed by atoms with Gasteiger partial charge in [0.15, 0.2) is 0 Å². The van der Waals surface area contributed by atoms with E-state index < -0.39 is 0 Å². The first-order chi connectivity index (χ1) is 9.73. The van der Waals surface area contributed by atoms with Crippen molar-refractivity contribution in [1.29, 1.82) is 0 Å². The van der Waals surface area contributed by atoms with E-state index in [1.165, 1.54) is 40.7 Å². The van der Waals surface area contributed by atoms with Crippen LogP contribution in [0.5, 0.6) is 0 Å². The monoisotopic (exact) mass is 266 g/mol. The van der Waals surface area contributed by atoms with Gasteiger partial charge in [0.25, 0.3) is 0 Å². The molecule has 0 nitrogen and oxygen atoms in total. The van der Waals surface area contributed by atoms with Gasteiger partial charge >= 0.3 is 0 Å². The molecule has 0 spiro atoms. The minimum atomic E-state index is 0.234. The number of fused-ring (bicyclic) bond motifs is 3. The van der Waals surface area contributed by atoms with Crippen LogP contribution in [0.3, 0.4) is 0 Å². The molecule has 2 aromatic rings. The van der Waals surface area contributed by atoms with E-state index in [0.29, 0.717) is 0 Å². The van der Waals surface area contributed by atoms with Gasteiger partial charge in [-0.15, -0.1) is 0 Å². The molecule has 0 heteroatoms. The fourth-order valence-electron chi connectivity index (χ4n) is 3.58. The minimum absolute atomic E-state index is 0.234. The van der Waals surface area contributed by atoms with Crippen LogP contribution in [-0.4, -0.2) is 0 Å². The molecule has 106 valence electrons. The molecule has 0 saturated carbocycles. The summed E-state index contributed by atoms with van der Waals surface area (Å²) in [5.41, 5.74) is 7.55. The molecule has 0 amide bonds. The molecule has 0 bridgehead atoms. The van der Waals surface area contributed by atoms with Gasteiger partial charge in [-0.1, -0.05) is 75.7 Å². The lowest BCUT2D eigenvalue weighted by atomic mass is 9.73. The van der Waals surface area contributed by atoms with Gasteiger partial charge in [-0.3, -0.25) is 0 Å². The topological polar surface area (TPSA) is 0 Å². The fraction of sp³-hybridized carbons (Fsp3) is 0.400. The molecule has 1 aliphatic rings. The van der Waals surface area contributed by atoms with Crippen LogP contribution in [0, 0.1) is 6.92 Å². The third kappa shape index (κ3) is 1.98. The number of rotatable bonds is 2. The first-order valence-corrected chi connectivity index (χ1v) is 7.94. The van der Waals surface area contributed by atoms with E-state index >= 15 is 0 Å². The molecule has 0 atom stereocenters. The minimum Gasteiger partial charge on any atom is -0.0683 e. The average molecular weight is 266 g/mol. The highest BCUT2D eigenvalue weighted by molar-refractivity contribution is 5.81. The van der Waals surface area contributed by atoms with Gasteiger partial charge < -0.3 is 0 Å². The summed E-state index contributed by atoms with van der Waals surface area (Å²) < 4.78 is 0. The van der Waals surface area contributed by atoms with Crippen molar-refractivity contribution in [1.82, 2.24) is 0 Å². The van der Waals surface area contributed by atoms with E-state index in [1.54, 1.807) is 0 Å². The van der Waals surface area contributed by atoms with Crippen molar-refractivity contribution in [2.24, 2.45) is 0 Å². The van der Waals surface area contributed by atoms with Crippen molar-refractivity contribution < 1.29 is 0 Å². The molecule has 3 rings (SSSR count).